The third kappa shape index (κ3) is 4.07. The lowest BCUT2D eigenvalue weighted by molar-refractivity contribution is 0.0935. The highest BCUT2D eigenvalue weighted by molar-refractivity contribution is 7.85. The van der Waals surface area contributed by atoms with Crippen LogP contribution in [0.15, 0.2) is 24.3 Å². The normalized spacial score (nSPS) is 22.2. The van der Waals surface area contributed by atoms with E-state index in [4.69, 9.17) is 0 Å². The summed E-state index contributed by atoms with van der Waals surface area (Å²) in [6.45, 7) is 2.95. The molecule has 0 bridgehead atoms. The van der Waals surface area contributed by atoms with Gasteiger partial charge in [0.25, 0.3) is 5.91 Å². The van der Waals surface area contributed by atoms with Crippen molar-refractivity contribution < 1.29 is 9.00 Å². The van der Waals surface area contributed by atoms with Crippen molar-refractivity contribution in [2.24, 2.45) is 0 Å². The van der Waals surface area contributed by atoms with E-state index < -0.39 is 10.8 Å². The molecule has 20 heavy (non-hydrogen) atoms. The SMILES string of the molecule is CCCNc1ccccc1C(=O)NC1CCS(=O)CC1. The molecule has 0 unspecified atom stereocenters. The minimum absolute atomic E-state index is 0.0399. The molecule has 2 rings (SSSR count). The molecule has 110 valence electrons. The first-order chi connectivity index (χ1) is 9.70. The molecule has 0 radical (unpaired) electrons. The molecule has 5 heteroatoms. The molecule has 0 atom stereocenters. The van der Waals surface area contributed by atoms with Crippen molar-refractivity contribution in [3.05, 3.63) is 29.8 Å². The monoisotopic (exact) mass is 294 g/mol. The maximum Gasteiger partial charge on any atom is 0.253 e. The second-order valence-electron chi connectivity index (χ2n) is 5.07. The molecule has 0 aromatic heterocycles. The van der Waals surface area contributed by atoms with Crippen LogP contribution in [-0.4, -0.2) is 34.2 Å². The minimum Gasteiger partial charge on any atom is -0.384 e. The van der Waals surface area contributed by atoms with Gasteiger partial charge in [-0.3, -0.25) is 9.00 Å². The summed E-state index contributed by atoms with van der Waals surface area (Å²) < 4.78 is 11.3. The molecule has 1 aliphatic rings. The third-order valence-electron chi connectivity index (χ3n) is 3.46. The van der Waals surface area contributed by atoms with E-state index >= 15 is 0 Å². The van der Waals surface area contributed by atoms with Gasteiger partial charge in [-0.15, -0.1) is 0 Å². The summed E-state index contributed by atoms with van der Waals surface area (Å²) >= 11 is 0. The van der Waals surface area contributed by atoms with Gasteiger partial charge < -0.3 is 10.6 Å². The summed E-state index contributed by atoms with van der Waals surface area (Å²) in [6, 6.07) is 7.73. The van der Waals surface area contributed by atoms with Gasteiger partial charge in [0.2, 0.25) is 0 Å². The smallest absolute Gasteiger partial charge is 0.253 e. The van der Waals surface area contributed by atoms with E-state index in [-0.39, 0.29) is 11.9 Å². The van der Waals surface area contributed by atoms with Crippen LogP contribution >= 0.6 is 0 Å². The van der Waals surface area contributed by atoms with Gasteiger partial charge in [-0.2, -0.15) is 0 Å². The predicted molar refractivity (Wildman–Crippen MR) is 83.6 cm³/mol. The van der Waals surface area contributed by atoms with Crippen molar-refractivity contribution in [1.29, 1.82) is 0 Å². The fourth-order valence-electron chi connectivity index (χ4n) is 2.30. The van der Waals surface area contributed by atoms with E-state index in [2.05, 4.69) is 17.6 Å². The molecule has 1 aromatic rings. The minimum atomic E-state index is -0.693. The number of benzene rings is 1. The highest BCUT2D eigenvalue weighted by Crippen LogP contribution is 2.16. The Morgan fingerprint density at radius 3 is 2.70 bits per heavy atom. The first-order valence-electron chi connectivity index (χ1n) is 7.19. The summed E-state index contributed by atoms with van der Waals surface area (Å²) in [4.78, 5) is 12.4. The molecule has 1 aromatic carbocycles. The Kier molecular flexibility index (Phi) is 5.59. The van der Waals surface area contributed by atoms with Gasteiger partial charge in [0.05, 0.1) is 5.56 Å². The van der Waals surface area contributed by atoms with Crippen LogP contribution in [0.1, 0.15) is 36.5 Å². The lowest BCUT2D eigenvalue weighted by Crippen LogP contribution is -2.39. The second-order valence-corrected chi connectivity index (χ2v) is 6.76. The summed E-state index contributed by atoms with van der Waals surface area (Å²) in [5.41, 5.74) is 1.57. The van der Waals surface area contributed by atoms with E-state index in [1.165, 1.54) is 0 Å². The van der Waals surface area contributed by atoms with Crippen LogP contribution in [0.2, 0.25) is 0 Å². The molecular formula is C15H22N2O2S. The molecule has 0 saturated carbocycles. The number of amides is 1. The molecule has 1 fully saturated rings. The van der Waals surface area contributed by atoms with Crippen LogP contribution in [0.4, 0.5) is 5.69 Å². The zero-order valence-electron chi connectivity index (χ0n) is 11.9. The van der Waals surface area contributed by atoms with Gasteiger partial charge >= 0.3 is 0 Å². The molecule has 1 aliphatic heterocycles. The van der Waals surface area contributed by atoms with Crippen molar-refractivity contribution >= 4 is 22.4 Å². The lowest BCUT2D eigenvalue weighted by atomic mass is 10.1. The average Bonchev–Trinajstić information content (AvgIpc) is 2.47. The summed E-state index contributed by atoms with van der Waals surface area (Å²) in [7, 11) is -0.693. The standard InChI is InChI=1S/C15H22N2O2S/c1-2-9-16-14-6-4-3-5-13(14)15(18)17-12-7-10-20(19)11-8-12/h3-6,12,16H,2,7-11H2,1H3,(H,17,18). The average molecular weight is 294 g/mol. The zero-order valence-corrected chi connectivity index (χ0v) is 12.7. The highest BCUT2D eigenvalue weighted by Gasteiger charge is 2.21. The van der Waals surface area contributed by atoms with E-state index in [1.54, 1.807) is 0 Å². The van der Waals surface area contributed by atoms with Gasteiger partial charge in [0.15, 0.2) is 0 Å². The van der Waals surface area contributed by atoms with Crippen LogP contribution in [0, 0.1) is 0 Å². The molecule has 0 aliphatic carbocycles. The van der Waals surface area contributed by atoms with E-state index in [0.717, 1.165) is 31.5 Å². The van der Waals surface area contributed by atoms with Gasteiger partial charge in [-0.25, -0.2) is 0 Å². The number of rotatable bonds is 5. The third-order valence-corrected chi connectivity index (χ3v) is 4.84. The van der Waals surface area contributed by atoms with Crippen molar-refractivity contribution in [3.63, 3.8) is 0 Å². The van der Waals surface area contributed by atoms with E-state index in [9.17, 15) is 9.00 Å². The quantitative estimate of drug-likeness (QED) is 0.875. The van der Waals surface area contributed by atoms with E-state index in [0.29, 0.717) is 17.1 Å². The Morgan fingerprint density at radius 1 is 1.30 bits per heavy atom. The first-order valence-corrected chi connectivity index (χ1v) is 8.68. The fraction of sp³-hybridized carbons (Fsp3) is 0.533. The largest absolute Gasteiger partial charge is 0.384 e. The first kappa shape index (κ1) is 15.0. The number of carbonyl (C=O) groups is 1. The van der Waals surface area contributed by atoms with Crippen LogP contribution in [0.3, 0.4) is 0 Å². The van der Waals surface area contributed by atoms with Gasteiger partial charge in [-0.05, 0) is 31.4 Å². The second kappa shape index (κ2) is 7.43. The van der Waals surface area contributed by atoms with Gasteiger partial charge in [0, 0.05) is 40.6 Å². The van der Waals surface area contributed by atoms with Gasteiger partial charge in [0.1, 0.15) is 0 Å². The van der Waals surface area contributed by atoms with Crippen molar-refractivity contribution in [2.75, 3.05) is 23.4 Å². The summed E-state index contributed by atoms with van der Waals surface area (Å²) in [6.07, 6.45) is 2.64. The van der Waals surface area contributed by atoms with Crippen LogP contribution in [0.25, 0.3) is 0 Å². The van der Waals surface area contributed by atoms with Crippen molar-refractivity contribution in [2.45, 2.75) is 32.2 Å². The van der Waals surface area contributed by atoms with Crippen molar-refractivity contribution in [1.82, 2.24) is 5.32 Å². The zero-order chi connectivity index (χ0) is 14.4. The number of nitrogens with one attached hydrogen (secondary N) is 2. The molecule has 0 spiro atoms. The number of para-hydroxylation sites is 1. The number of hydrogen-bond acceptors (Lipinski definition) is 3. The number of anilines is 1. The Labute approximate surface area is 122 Å². The fourth-order valence-corrected chi connectivity index (χ4v) is 3.60. The Balaban J connectivity index is 1.99. The molecule has 1 saturated heterocycles. The number of carbonyl (C=O) groups excluding carboxylic acids is 1. The molecular weight excluding hydrogens is 272 g/mol. The highest BCUT2D eigenvalue weighted by atomic mass is 32.2. The Bertz CT molecular complexity index is 481. The van der Waals surface area contributed by atoms with Gasteiger partial charge in [-0.1, -0.05) is 19.1 Å². The molecule has 4 nitrogen and oxygen atoms in total. The Morgan fingerprint density at radius 2 is 2.00 bits per heavy atom. The molecule has 1 amide bonds. The topological polar surface area (TPSA) is 58.2 Å². The van der Waals surface area contributed by atoms with Crippen LogP contribution < -0.4 is 10.6 Å². The van der Waals surface area contributed by atoms with Crippen molar-refractivity contribution in [3.8, 4) is 0 Å². The Hall–Kier alpha value is -1.36. The van der Waals surface area contributed by atoms with Crippen LogP contribution in [-0.2, 0) is 10.8 Å². The summed E-state index contributed by atoms with van der Waals surface area (Å²) in [5.74, 6) is 1.35. The van der Waals surface area contributed by atoms with Crippen LogP contribution in [0.5, 0.6) is 0 Å². The maximum absolute atomic E-state index is 12.4. The summed E-state index contributed by atoms with van der Waals surface area (Å²) in [5, 5.41) is 6.34. The number of hydrogen-bond donors (Lipinski definition) is 2. The molecule has 1 heterocycles. The van der Waals surface area contributed by atoms with E-state index in [1.807, 2.05) is 24.3 Å². The maximum atomic E-state index is 12.4. The molecule has 2 N–H and O–H groups in total. The predicted octanol–water partition coefficient (Wildman–Crippen LogP) is 2.15. The lowest BCUT2D eigenvalue weighted by Gasteiger charge is -2.23.